The highest BCUT2D eigenvalue weighted by Gasteiger charge is 2.31. The fourth-order valence-corrected chi connectivity index (χ4v) is 2.30. The van der Waals surface area contributed by atoms with E-state index < -0.39 is 0 Å². The molecule has 5 nitrogen and oxygen atoms in total. The summed E-state index contributed by atoms with van der Waals surface area (Å²) in [5.74, 6) is 0.522. The molecule has 0 amide bonds. The van der Waals surface area contributed by atoms with Gasteiger partial charge in [0.1, 0.15) is 5.69 Å². The summed E-state index contributed by atoms with van der Waals surface area (Å²) in [6.45, 7) is 2.13. The largest absolute Gasteiger partial charge is 0.462 e. The van der Waals surface area contributed by atoms with Gasteiger partial charge in [-0.15, -0.1) is 0 Å². The Balaban J connectivity index is 1.99. The van der Waals surface area contributed by atoms with Crippen molar-refractivity contribution in [3.05, 3.63) is 40.3 Å². The highest BCUT2D eigenvalue weighted by Crippen LogP contribution is 2.41. The second-order valence-electron chi connectivity index (χ2n) is 4.85. The average Bonchev–Trinajstić information content (AvgIpc) is 3.32. The molecule has 108 valence electrons. The van der Waals surface area contributed by atoms with Crippen molar-refractivity contribution in [1.82, 2.24) is 15.0 Å². The number of nitrogens with zero attached hydrogens (tertiary/aromatic N) is 3. The summed E-state index contributed by atoms with van der Waals surface area (Å²) >= 11 is 3.35. The SMILES string of the molecule is CCOC(=O)c1cnc(-c2ccc(Br)cn2)nc1C1CC1. The monoisotopic (exact) mass is 347 g/mol. The summed E-state index contributed by atoms with van der Waals surface area (Å²) in [5, 5.41) is 0. The molecule has 1 aliphatic carbocycles. The van der Waals surface area contributed by atoms with Crippen LogP contribution in [0.15, 0.2) is 29.0 Å². The molecule has 0 radical (unpaired) electrons. The number of pyridine rings is 1. The number of esters is 1. The third kappa shape index (κ3) is 3.10. The molecule has 2 heterocycles. The lowest BCUT2D eigenvalue weighted by molar-refractivity contribution is 0.0524. The van der Waals surface area contributed by atoms with Gasteiger partial charge in [-0.05, 0) is 47.8 Å². The summed E-state index contributed by atoms with van der Waals surface area (Å²) in [6, 6.07) is 3.74. The fraction of sp³-hybridized carbons (Fsp3) is 0.333. The number of carbonyl (C=O) groups excluding carboxylic acids is 1. The predicted octanol–water partition coefficient (Wildman–Crippen LogP) is 3.36. The molecule has 1 aliphatic rings. The number of halogens is 1. The van der Waals surface area contributed by atoms with Crippen LogP contribution >= 0.6 is 15.9 Å². The maximum Gasteiger partial charge on any atom is 0.341 e. The normalized spacial score (nSPS) is 14.0. The molecule has 21 heavy (non-hydrogen) atoms. The zero-order chi connectivity index (χ0) is 14.8. The topological polar surface area (TPSA) is 65.0 Å². The molecule has 0 atom stereocenters. The van der Waals surface area contributed by atoms with Gasteiger partial charge in [0.2, 0.25) is 0 Å². The van der Waals surface area contributed by atoms with Gasteiger partial charge >= 0.3 is 5.97 Å². The van der Waals surface area contributed by atoms with Crippen LogP contribution in [0.25, 0.3) is 11.5 Å². The molecule has 0 saturated heterocycles. The minimum Gasteiger partial charge on any atom is -0.462 e. The van der Waals surface area contributed by atoms with Crippen LogP contribution < -0.4 is 0 Å². The van der Waals surface area contributed by atoms with Gasteiger partial charge in [-0.3, -0.25) is 4.98 Å². The van der Waals surface area contributed by atoms with Crippen molar-refractivity contribution < 1.29 is 9.53 Å². The Labute approximate surface area is 130 Å². The molecule has 0 N–H and O–H groups in total. The molecule has 0 unspecified atom stereocenters. The molecule has 0 bridgehead atoms. The van der Waals surface area contributed by atoms with E-state index in [0.29, 0.717) is 29.6 Å². The summed E-state index contributed by atoms with van der Waals surface area (Å²) in [7, 11) is 0. The molecule has 0 aliphatic heterocycles. The van der Waals surface area contributed by atoms with Gasteiger partial charge in [0.25, 0.3) is 0 Å². The summed E-state index contributed by atoms with van der Waals surface area (Å²) in [6.07, 6.45) is 5.36. The first-order valence-corrected chi connectivity index (χ1v) is 7.64. The molecular weight excluding hydrogens is 334 g/mol. The molecular formula is C15H14BrN3O2. The van der Waals surface area contributed by atoms with Crippen LogP contribution in [-0.2, 0) is 4.74 Å². The van der Waals surface area contributed by atoms with E-state index in [4.69, 9.17) is 4.74 Å². The highest BCUT2D eigenvalue weighted by atomic mass is 79.9. The third-order valence-corrected chi connectivity index (χ3v) is 3.70. The van der Waals surface area contributed by atoms with Crippen molar-refractivity contribution in [3.8, 4) is 11.5 Å². The van der Waals surface area contributed by atoms with Crippen LogP contribution in [0.5, 0.6) is 0 Å². The van der Waals surface area contributed by atoms with Crippen molar-refractivity contribution >= 4 is 21.9 Å². The van der Waals surface area contributed by atoms with Gasteiger partial charge in [-0.1, -0.05) is 0 Å². The van der Waals surface area contributed by atoms with Crippen molar-refractivity contribution in [3.63, 3.8) is 0 Å². The Hall–Kier alpha value is -1.82. The number of aromatic nitrogens is 3. The van der Waals surface area contributed by atoms with Gasteiger partial charge in [0.05, 0.1) is 17.9 Å². The third-order valence-electron chi connectivity index (χ3n) is 3.23. The number of carbonyl (C=O) groups is 1. The van der Waals surface area contributed by atoms with E-state index in [-0.39, 0.29) is 5.97 Å². The zero-order valence-corrected chi connectivity index (χ0v) is 13.1. The molecule has 3 rings (SSSR count). The van der Waals surface area contributed by atoms with E-state index in [1.807, 2.05) is 12.1 Å². The molecule has 0 spiro atoms. The second-order valence-corrected chi connectivity index (χ2v) is 5.76. The van der Waals surface area contributed by atoms with E-state index in [1.54, 1.807) is 19.3 Å². The Morgan fingerprint density at radius 2 is 2.14 bits per heavy atom. The average molecular weight is 348 g/mol. The summed E-state index contributed by atoms with van der Waals surface area (Å²) in [4.78, 5) is 25.1. The molecule has 2 aromatic rings. The lowest BCUT2D eigenvalue weighted by Crippen LogP contribution is -2.11. The number of hydrogen-bond acceptors (Lipinski definition) is 5. The van der Waals surface area contributed by atoms with Crippen molar-refractivity contribution in [2.75, 3.05) is 6.61 Å². The standard InChI is InChI=1S/C15H14BrN3O2/c1-2-21-15(20)11-8-18-14(19-13(11)9-3-4-9)12-6-5-10(16)7-17-12/h5-9H,2-4H2,1H3. The van der Waals surface area contributed by atoms with Crippen molar-refractivity contribution in [2.45, 2.75) is 25.7 Å². The van der Waals surface area contributed by atoms with Gasteiger partial charge in [-0.25, -0.2) is 14.8 Å². The van der Waals surface area contributed by atoms with Gasteiger partial charge in [0.15, 0.2) is 5.82 Å². The zero-order valence-electron chi connectivity index (χ0n) is 11.5. The molecule has 2 aromatic heterocycles. The Kier molecular flexibility index (Phi) is 3.96. The fourth-order valence-electron chi connectivity index (χ4n) is 2.06. The maximum atomic E-state index is 12.0. The Bertz CT molecular complexity index is 669. The van der Waals surface area contributed by atoms with E-state index in [2.05, 4.69) is 30.9 Å². The minimum atomic E-state index is -0.352. The van der Waals surface area contributed by atoms with Crippen LogP contribution in [0, 0.1) is 0 Å². The molecule has 1 saturated carbocycles. The van der Waals surface area contributed by atoms with E-state index >= 15 is 0 Å². The lowest BCUT2D eigenvalue weighted by Gasteiger charge is -2.08. The molecule has 6 heteroatoms. The van der Waals surface area contributed by atoms with E-state index in [0.717, 1.165) is 23.0 Å². The van der Waals surface area contributed by atoms with Crippen molar-refractivity contribution in [2.24, 2.45) is 0 Å². The van der Waals surface area contributed by atoms with E-state index in [1.165, 1.54) is 0 Å². The van der Waals surface area contributed by atoms with Gasteiger partial charge < -0.3 is 4.74 Å². The van der Waals surface area contributed by atoms with Crippen LogP contribution in [0.1, 0.15) is 41.7 Å². The van der Waals surface area contributed by atoms with Crippen LogP contribution in [-0.4, -0.2) is 27.5 Å². The van der Waals surface area contributed by atoms with Gasteiger partial charge in [0, 0.05) is 22.8 Å². The first kappa shape index (κ1) is 14.1. The number of ether oxygens (including phenoxy) is 1. The summed E-state index contributed by atoms with van der Waals surface area (Å²) in [5.41, 5.74) is 1.94. The van der Waals surface area contributed by atoms with E-state index in [9.17, 15) is 4.79 Å². The Morgan fingerprint density at radius 1 is 1.33 bits per heavy atom. The minimum absolute atomic E-state index is 0.335. The first-order chi connectivity index (χ1) is 10.2. The second kappa shape index (κ2) is 5.89. The quantitative estimate of drug-likeness (QED) is 0.793. The van der Waals surface area contributed by atoms with Gasteiger partial charge in [-0.2, -0.15) is 0 Å². The molecule has 0 aromatic carbocycles. The van der Waals surface area contributed by atoms with Crippen LogP contribution in [0.4, 0.5) is 0 Å². The van der Waals surface area contributed by atoms with Crippen molar-refractivity contribution in [1.29, 1.82) is 0 Å². The molecule has 1 fully saturated rings. The number of hydrogen-bond donors (Lipinski definition) is 0. The Morgan fingerprint density at radius 3 is 2.76 bits per heavy atom. The first-order valence-electron chi connectivity index (χ1n) is 6.85. The lowest BCUT2D eigenvalue weighted by atomic mass is 10.1. The highest BCUT2D eigenvalue weighted by molar-refractivity contribution is 9.10. The predicted molar refractivity (Wildman–Crippen MR) is 80.9 cm³/mol. The smallest absolute Gasteiger partial charge is 0.341 e. The van der Waals surface area contributed by atoms with Crippen LogP contribution in [0.3, 0.4) is 0 Å². The maximum absolute atomic E-state index is 12.0. The number of rotatable bonds is 4. The summed E-state index contributed by atoms with van der Waals surface area (Å²) < 4.78 is 5.97. The van der Waals surface area contributed by atoms with Crippen LogP contribution in [0.2, 0.25) is 0 Å².